The zero-order valence-electron chi connectivity index (χ0n) is 10.4. The van der Waals surface area contributed by atoms with E-state index in [9.17, 15) is 0 Å². The molecule has 0 aliphatic carbocycles. The molecule has 0 aromatic carbocycles. The van der Waals surface area contributed by atoms with Crippen LogP contribution in [-0.2, 0) is 0 Å². The molecule has 0 saturated carbocycles. The van der Waals surface area contributed by atoms with Crippen molar-refractivity contribution in [3.05, 3.63) is 0 Å². The van der Waals surface area contributed by atoms with Gasteiger partial charge in [-0.1, -0.05) is 46.0 Å². The minimum absolute atomic E-state index is 0.327. The summed E-state index contributed by atoms with van der Waals surface area (Å²) in [5, 5.41) is 17.7. The highest BCUT2D eigenvalue weighted by Crippen LogP contribution is 2.13. The van der Waals surface area contributed by atoms with E-state index < -0.39 is 0 Å². The first-order valence-corrected chi connectivity index (χ1v) is 6.42. The maximum Gasteiger partial charge on any atom is 0.0456 e. The Morgan fingerprint density at radius 1 is 0.667 bits per heavy atom. The van der Waals surface area contributed by atoms with Crippen molar-refractivity contribution in [1.82, 2.24) is 0 Å². The monoisotopic (exact) mass is 216 g/mol. The number of rotatable bonds is 10. The van der Waals surface area contributed by atoms with Gasteiger partial charge in [0.25, 0.3) is 0 Å². The van der Waals surface area contributed by atoms with Crippen molar-refractivity contribution in [3.8, 4) is 0 Å². The maximum atomic E-state index is 8.84. The second-order valence-electron chi connectivity index (χ2n) is 4.92. The van der Waals surface area contributed by atoms with Crippen LogP contribution in [-0.4, -0.2) is 23.4 Å². The van der Waals surface area contributed by atoms with Crippen LogP contribution in [0.5, 0.6) is 0 Å². The van der Waals surface area contributed by atoms with Crippen molar-refractivity contribution >= 4 is 0 Å². The molecular formula is C13H28O2. The normalized spacial score (nSPS) is 15.2. The molecule has 0 aromatic rings. The third kappa shape index (κ3) is 10.2. The third-order valence-electron chi connectivity index (χ3n) is 3.02. The number of unbranched alkanes of at least 4 members (excludes halogenated alkanes) is 4. The fourth-order valence-electron chi connectivity index (χ4n) is 1.70. The van der Waals surface area contributed by atoms with Gasteiger partial charge in [0.05, 0.1) is 0 Å². The molecule has 0 fully saturated rings. The van der Waals surface area contributed by atoms with Gasteiger partial charge in [0.2, 0.25) is 0 Å². The number of aliphatic hydroxyl groups excluding tert-OH is 2. The molecule has 0 spiro atoms. The molecule has 92 valence electrons. The predicted octanol–water partition coefficient (Wildman–Crippen LogP) is 2.97. The molecule has 0 saturated heterocycles. The molecule has 0 aliphatic heterocycles. The molecule has 0 radical (unpaired) electrons. The summed E-state index contributed by atoms with van der Waals surface area (Å²) in [6, 6.07) is 0. The predicted molar refractivity (Wildman–Crippen MR) is 64.8 cm³/mol. The molecule has 0 bridgehead atoms. The molecule has 0 heterocycles. The average molecular weight is 216 g/mol. The quantitative estimate of drug-likeness (QED) is 0.551. The standard InChI is InChI=1S/C13H28O2/c1-12(10-14)8-6-4-3-5-7-9-13(2)11-15/h12-15H,3-11H2,1-2H3. The molecule has 0 aromatic heterocycles. The van der Waals surface area contributed by atoms with Crippen molar-refractivity contribution < 1.29 is 10.2 Å². The highest BCUT2D eigenvalue weighted by Gasteiger charge is 2.00. The zero-order valence-corrected chi connectivity index (χ0v) is 10.4. The number of hydrogen-bond acceptors (Lipinski definition) is 2. The topological polar surface area (TPSA) is 40.5 Å². The van der Waals surface area contributed by atoms with E-state index in [4.69, 9.17) is 10.2 Å². The molecule has 0 aliphatic rings. The van der Waals surface area contributed by atoms with Crippen LogP contribution in [0.15, 0.2) is 0 Å². The summed E-state index contributed by atoms with van der Waals surface area (Å²) in [5.74, 6) is 0.943. The van der Waals surface area contributed by atoms with Crippen LogP contribution in [0.2, 0.25) is 0 Å². The second-order valence-corrected chi connectivity index (χ2v) is 4.92. The fourth-order valence-corrected chi connectivity index (χ4v) is 1.70. The van der Waals surface area contributed by atoms with E-state index in [0.29, 0.717) is 25.0 Å². The van der Waals surface area contributed by atoms with Crippen LogP contribution >= 0.6 is 0 Å². The third-order valence-corrected chi connectivity index (χ3v) is 3.02. The minimum Gasteiger partial charge on any atom is -0.396 e. The van der Waals surface area contributed by atoms with Gasteiger partial charge in [-0.3, -0.25) is 0 Å². The summed E-state index contributed by atoms with van der Waals surface area (Å²) in [4.78, 5) is 0. The van der Waals surface area contributed by atoms with E-state index in [0.717, 1.165) is 12.8 Å². The van der Waals surface area contributed by atoms with Gasteiger partial charge in [0.1, 0.15) is 0 Å². The highest BCUT2D eigenvalue weighted by atomic mass is 16.3. The van der Waals surface area contributed by atoms with E-state index in [1.165, 1.54) is 32.1 Å². The van der Waals surface area contributed by atoms with Gasteiger partial charge in [0.15, 0.2) is 0 Å². The molecule has 2 nitrogen and oxygen atoms in total. The van der Waals surface area contributed by atoms with Gasteiger partial charge in [-0.15, -0.1) is 0 Å². The second kappa shape index (κ2) is 10.4. The van der Waals surface area contributed by atoms with Crippen LogP contribution in [0.1, 0.15) is 58.8 Å². The van der Waals surface area contributed by atoms with E-state index >= 15 is 0 Å². The molecule has 2 atom stereocenters. The maximum absolute atomic E-state index is 8.84. The van der Waals surface area contributed by atoms with E-state index in [2.05, 4.69) is 13.8 Å². The van der Waals surface area contributed by atoms with Crippen LogP contribution in [0, 0.1) is 11.8 Å². The number of hydrogen-bond donors (Lipinski definition) is 2. The van der Waals surface area contributed by atoms with Crippen molar-refractivity contribution in [3.63, 3.8) is 0 Å². The first-order chi connectivity index (χ1) is 7.20. The fraction of sp³-hybridized carbons (Fsp3) is 1.00. The summed E-state index contributed by atoms with van der Waals surface area (Å²) >= 11 is 0. The Kier molecular flexibility index (Phi) is 10.4. The van der Waals surface area contributed by atoms with Crippen molar-refractivity contribution in [1.29, 1.82) is 0 Å². The first-order valence-electron chi connectivity index (χ1n) is 6.42. The Hall–Kier alpha value is -0.0800. The van der Waals surface area contributed by atoms with Crippen LogP contribution < -0.4 is 0 Å². The average Bonchev–Trinajstić information content (AvgIpc) is 2.26. The van der Waals surface area contributed by atoms with E-state index in [-0.39, 0.29) is 0 Å². The summed E-state index contributed by atoms with van der Waals surface area (Å²) in [5.41, 5.74) is 0. The van der Waals surface area contributed by atoms with Crippen LogP contribution in [0.25, 0.3) is 0 Å². The van der Waals surface area contributed by atoms with Crippen molar-refractivity contribution in [2.45, 2.75) is 58.8 Å². The largest absolute Gasteiger partial charge is 0.396 e. The molecule has 2 N–H and O–H groups in total. The molecular weight excluding hydrogens is 188 g/mol. The lowest BCUT2D eigenvalue weighted by Crippen LogP contribution is -2.00. The van der Waals surface area contributed by atoms with Gasteiger partial charge < -0.3 is 10.2 Å². The Bertz CT molecular complexity index is 112. The van der Waals surface area contributed by atoms with Gasteiger partial charge in [-0.25, -0.2) is 0 Å². The van der Waals surface area contributed by atoms with Gasteiger partial charge >= 0.3 is 0 Å². The Morgan fingerprint density at radius 2 is 1.00 bits per heavy atom. The summed E-state index contributed by atoms with van der Waals surface area (Å²) in [6.07, 6.45) is 8.69. The molecule has 2 unspecified atom stereocenters. The molecule has 0 amide bonds. The zero-order chi connectivity index (χ0) is 11.5. The van der Waals surface area contributed by atoms with E-state index in [1.54, 1.807) is 0 Å². The Labute approximate surface area is 94.7 Å². The Balaban J connectivity index is 3.05. The van der Waals surface area contributed by atoms with Gasteiger partial charge in [0, 0.05) is 13.2 Å². The summed E-state index contributed by atoms with van der Waals surface area (Å²) in [6.45, 7) is 4.86. The van der Waals surface area contributed by atoms with Crippen LogP contribution in [0.4, 0.5) is 0 Å². The number of aliphatic hydroxyl groups is 2. The van der Waals surface area contributed by atoms with Gasteiger partial charge in [-0.2, -0.15) is 0 Å². The summed E-state index contributed by atoms with van der Waals surface area (Å²) in [7, 11) is 0. The summed E-state index contributed by atoms with van der Waals surface area (Å²) < 4.78 is 0. The lowest BCUT2D eigenvalue weighted by atomic mass is 10.0. The lowest BCUT2D eigenvalue weighted by Gasteiger charge is -2.08. The van der Waals surface area contributed by atoms with Crippen molar-refractivity contribution in [2.24, 2.45) is 11.8 Å². The minimum atomic E-state index is 0.327. The first kappa shape index (κ1) is 14.9. The van der Waals surface area contributed by atoms with Crippen molar-refractivity contribution in [2.75, 3.05) is 13.2 Å². The lowest BCUT2D eigenvalue weighted by molar-refractivity contribution is 0.225. The van der Waals surface area contributed by atoms with Gasteiger partial charge in [-0.05, 0) is 24.7 Å². The smallest absolute Gasteiger partial charge is 0.0456 e. The SMILES string of the molecule is CC(CO)CCCCCCCC(C)CO. The molecule has 0 rings (SSSR count). The van der Waals surface area contributed by atoms with Crippen LogP contribution in [0.3, 0.4) is 0 Å². The highest BCUT2D eigenvalue weighted by molar-refractivity contribution is 4.54. The van der Waals surface area contributed by atoms with E-state index in [1.807, 2.05) is 0 Å². The molecule has 15 heavy (non-hydrogen) atoms. The Morgan fingerprint density at radius 3 is 1.33 bits per heavy atom. The molecule has 2 heteroatoms.